The Morgan fingerprint density at radius 1 is 1.45 bits per heavy atom. The average molecular weight is 151 g/mol. The third-order valence-electron chi connectivity index (χ3n) is 2.03. The average Bonchev–Trinajstić information content (AvgIpc) is 2.31. The molecule has 0 radical (unpaired) electrons. The van der Waals surface area contributed by atoms with Crippen LogP contribution in [0.4, 0.5) is 0 Å². The summed E-state index contributed by atoms with van der Waals surface area (Å²) in [5.41, 5.74) is 3.03. The molecule has 1 aliphatic rings. The molecule has 0 saturated carbocycles. The van der Waals surface area contributed by atoms with Crippen LogP contribution in [-0.2, 0) is 0 Å². The summed E-state index contributed by atoms with van der Waals surface area (Å²) in [6.07, 6.45) is 3.32. The summed E-state index contributed by atoms with van der Waals surface area (Å²) in [4.78, 5) is 4.43. The molecule has 1 heterocycles. The van der Waals surface area contributed by atoms with Gasteiger partial charge in [0.15, 0.2) is 0 Å². The largest absolute Gasteiger partial charge is 0.285 e. The van der Waals surface area contributed by atoms with Crippen molar-refractivity contribution >= 4 is 5.71 Å². The summed E-state index contributed by atoms with van der Waals surface area (Å²) in [6, 6.07) is 0. The van der Waals surface area contributed by atoms with Crippen LogP contribution in [0.5, 0.6) is 0 Å². The molecule has 0 aliphatic carbocycles. The molecule has 0 N–H and O–H groups in total. The summed E-state index contributed by atoms with van der Waals surface area (Å²) in [7, 11) is 0. The standard InChI is InChI=1S/C10H17N/c1-5-9-8(6-7-11-9)10(2,3)4/h6H,5,7H2,1-4H3. The number of rotatable bonds is 1. The van der Waals surface area contributed by atoms with Crippen molar-refractivity contribution in [2.75, 3.05) is 6.54 Å². The Balaban J connectivity index is 2.83. The summed E-state index contributed by atoms with van der Waals surface area (Å²) in [5.74, 6) is 0. The van der Waals surface area contributed by atoms with Gasteiger partial charge in [0.2, 0.25) is 0 Å². The van der Waals surface area contributed by atoms with E-state index < -0.39 is 0 Å². The molecule has 1 aliphatic heterocycles. The molecule has 0 saturated heterocycles. The van der Waals surface area contributed by atoms with Gasteiger partial charge in [-0.3, -0.25) is 4.99 Å². The predicted molar refractivity (Wildman–Crippen MR) is 50.1 cm³/mol. The molecule has 1 nitrogen and oxygen atoms in total. The van der Waals surface area contributed by atoms with Crippen LogP contribution in [0, 0.1) is 5.41 Å². The van der Waals surface area contributed by atoms with Crippen molar-refractivity contribution in [3.05, 3.63) is 11.6 Å². The first-order chi connectivity index (χ1) is 5.05. The summed E-state index contributed by atoms with van der Waals surface area (Å²) >= 11 is 0. The fourth-order valence-electron chi connectivity index (χ4n) is 1.49. The first-order valence-electron chi connectivity index (χ1n) is 4.30. The second-order valence-electron chi connectivity index (χ2n) is 4.01. The van der Waals surface area contributed by atoms with Crippen LogP contribution < -0.4 is 0 Å². The maximum Gasteiger partial charge on any atom is 0.0580 e. The maximum absolute atomic E-state index is 4.43. The number of hydrogen-bond donors (Lipinski definition) is 0. The Morgan fingerprint density at radius 3 is 2.45 bits per heavy atom. The molecule has 0 aromatic carbocycles. The van der Waals surface area contributed by atoms with E-state index in [1.807, 2.05) is 0 Å². The lowest BCUT2D eigenvalue weighted by Gasteiger charge is -2.21. The van der Waals surface area contributed by atoms with Gasteiger partial charge in [0.1, 0.15) is 0 Å². The molecule has 11 heavy (non-hydrogen) atoms. The first-order valence-corrected chi connectivity index (χ1v) is 4.30. The van der Waals surface area contributed by atoms with Gasteiger partial charge in [-0.1, -0.05) is 33.8 Å². The minimum Gasteiger partial charge on any atom is -0.285 e. The van der Waals surface area contributed by atoms with Crippen LogP contribution >= 0.6 is 0 Å². The molecule has 0 aromatic rings. The van der Waals surface area contributed by atoms with Gasteiger partial charge in [-0.15, -0.1) is 0 Å². The van der Waals surface area contributed by atoms with Crippen LogP contribution in [0.15, 0.2) is 16.6 Å². The van der Waals surface area contributed by atoms with Crippen LogP contribution in [0.3, 0.4) is 0 Å². The van der Waals surface area contributed by atoms with Gasteiger partial charge >= 0.3 is 0 Å². The number of allylic oxidation sites excluding steroid dienone is 1. The Bertz CT molecular complexity index is 203. The van der Waals surface area contributed by atoms with Crippen molar-refractivity contribution < 1.29 is 0 Å². The Morgan fingerprint density at radius 2 is 2.09 bits per heavy atom. The zero-order valence-corrected chi connectivity index (χ0v) is 7.94. The monoisotopic (exact) mass is 151 g/mol. The fourth-order valence-corrected chi connectivity index (χ4v) is 1.49. The Hall–Kier alpha value is -0.590. The topological polar surface area (TPSA) is 12.4 Å². The van der Waals surface area contributed by atoms with E-state index in [9.17, 15) is 0 Å². The molecule has 0 aromatic heterocycles. The predicted octanol–water partition coefficient (Wildman–Crippen LogP) is 2.82. The van der Waals surface area contributed by atoms with Gasteiger partial charge in [-0.2, -0.15) is 0 Å². The molecule has 0 bridgehead atoms. The quantitative estimate of drug-likeness (QED) is 0.546. The highest BCUT2D eigenvalue weighted by Crippen LogP contribution is 2.29. The highest BCUT2D eigenvalue weighted by atomic mass is 14.8. The molecule has 0 amide bonds. The highest BCUT2D eigenvalue weighted by molar-refractivity contribution is 6.02. The van der Waals surface area contributed by atoms with Gasteiger partial charge in [-0.25, -0.2) is 0 Å². The van der Waals surface area contributed by atoms with E-state index in [-0.39, 0.29) is 5.41 Å². The second-order valence-corrected chi connectivity index (χ2v) is 4.01. The van der Waals surface area contributed by atoms with Gasteiger partial charge in [0.25, 0.3) is 0 Å². The van der Waals surface area contributed by atoms with Crippen LogP contribution in [0.25, 0.3) is 0 Å². The van der Waals surface area contributed by atoms with Crippen molar-refractivity contribution in [2.24, 2.45) is 10.4 Å². The van der Waals surface area contributed by atoms with E-state index in [0.717, 1.165) is 13.0 Å². The normalized spacial score (nSPS) is 18.2. The van der Waals surface area contributed by atoms with Gasteiger partial charge in [0, 0.05) is 5.71 Å². The van der Waals surface area contributed by atoms with E-state index in [4.69, 9.17) is 0 Å². The van der Waals surface area contributed by atoms with Crippen LogP contribution in [0.1, 0.15) is 34.1 Å². The van der Waals surface area contributed by atoms with Gasteiger partial charge in [-0.05, 0) is 17.4 Å². The van der Waals surface area contributed by atoms with E-state index in [1.165, 1.54) is 11.3 Å². The van der Waals surface area contributed by atoms with Crippen molar-refractivity contribution in [2.45, 2.75) is 34.1 Å². The molecular formula is C10H17N. The summed E-state index contributed by atoms with van der Waals surface area (Å²) in [5, 5.41) is 0. The van der Waals surface area contributed by atoms with Gasteiger partial charge in [0.05, 0.1) is 6.54 Å². The Kier molecular flexibility index (Phi) is 2.17. The summed E-state index contributed by atoms with van der Waals surface area (Å²) < 4.78 is 0. The summed E-state index contributed by atoms with van der Waals surface area (Å²) in [6.45, 7) is 9.81. The molecule has 1 rings (SSSR count). The zero-order valence-electron chi connectivity index (χ0n) is 7.94. The van der Waals surface area contributed by atoms with Gasteiger partial charge < -0.3 is 0 Å². The highest BCUT2D eigenvalue weighted by Gasteiger charge is 2.22. The fraction of sp³-hybridized carbons (Fsp3) is 0.700. The Labute approximate surface area is 69.2 Å². The van der Waals surface area contributed by atoms with Crippen molar-refractivity contribution in [3.63, 3.8) is 0 Å². The van der Waals surface area contributed by atoms with Crippen molar-refractivity contribution in [3.8, 4) is 0 Å². The number of hydrogen-bond acceptors (Lipinski definition) is 1. The van der Waals surface area contributed by atoms with E-state index in [2.05, 4.69) is 38.8 Å². The third kappa shape index (κ3) is 1.70. The molecule has 0 atom stereocenters. The zero-order chi connectivity index (χ0) is 8.48. The smallest absolute Gasteiger partial charge is 0.0580 e. The molecule has 0 unspecified atom stereocenters. The SMILES string of the molecule is CCC1=NCC=C1C(C)(C)C. The van der Waals surface area contributed by atoms with Crippen LogP contribution in [0.2, 0.25) is 0 Å². The lowest BCUT2D eigenvalue weighted by Crippen LogP contribution is -2.15. The van der Waals surface area contributed by atoms with E-state index in [1.54, 1.807) is 0 Å². The third-order valence-corrected chi connectivity index (χ3v) is 2.03. The lowest BCUT2D eigenvalue weighted by atomic mass is 9.83. The molecule has 1 heteroatoms. The van der Waals surface area contributed by atoms with Crippen molar-refractivity contribution in [1.29, 1.82) is 0 Å². The van der Waals surface area contributed by atoms with E-state index >= 15 is 0 Å². The molecule has 62 valence electrons. The van der Waals surface area contributed by atoms with E-state index in [0.29, 0.717) is 0 Å². The minimum absolute atomic E-state index is 0.283. The minimum atomic E-state index is 0.283. The van der Waals surface area contributed by atoms with Crippen LogP contribution in [-0.4, -0.2) is 12.3 Å². The maximum atomic E-state index is 4.43. The molecular weight excluding hydrogens is 134 g/mol. The van der Waals surface area contributed by atoms with Crippen molar-refractivity contribution in [1.82, 2.24) is 0 Å². The first kappa shape index (κ1) is 8.51. The second kappa shape index (κ2) is 2.80. The lowest BCUT2D eigenvalue weighted by molar-refractivity contribution is 0.524. The molecule has 0 spiro atoms. The molecule has 0 fully saturated rings. The number of nitrogens with zero attached hydrogens (tertiary/aromatic N) is 1. The number of aliphatic imine (C=N–C) groups is 1.